The van der Waals surface area contributed by atoms with Crippen LogP contribution in [0.1, 0.15) is 11.1 Å². The number of benzene rings is 1. The second-order valence-electron chi connectivity index (χ2n) is 3.05. The standard InChI is InChI=1S/C8H10O5S2/c1-6-2-3-8(15(11,12)13)7(4-6)5-14(9)10/h2-4H,5H2,1H3,(H,9,10)(H,11,12,13). The third-order valence-corrected chi connectivity index (χ3v) is 3.28. The zero-order valence-electron chi connectivity index (χ0n) is 7.87. The third kappa shape index (κ3) is 3.38. The molecular weight excluding hydrogens is 240 g/mol. The van der Waals surface area contributed by atoms with Crippen LogP contribution in [0.5, 0.6) is 0 Å². The minimum Gasteiger partial charge on any atom is -0.306 e. The van der Waals surface area contributed by atoms with Crippen LogP contribution in [-0.2, 0) is 27.0 Å². The van der Waals surface area contributed by atoms with Gasteiger partial charge >= 0.3 is 0 Å². The van der Waals surface area contributed by atoms with Crippen molar-refractivity contribution in [2.24, 2.45) is 0 Å². The van der Waals surface area contributed by atoms with E-state index >= 15 is 0 Å². The Morgan fingerprint density at radius 2 is 2.00 bits per heavy atom. The topological polar surface area (TPSA) is 91.7 Å². The molecule has 15 heavy (non-hydrogen) atoms. The molecule has 0 heterocycles. The summed E-state index contributed by atoms with van der Waals surface area (Å²) in [5, 5.41) is 0. The van der Waals surface area contributed by atoms with Gasteiger partial charge < -0.3 is 4.55 Å². The molecule has 0 saturated carbocycles. The minimum absolute atomic E-state index is 0.137. The van der Waals surface area contributed by atoms with E-state index < -0.39 is 21.2 Å². The molecule has 0 fully saturated rings. The van der Waals surface area contributed by atoms with Gasteiger partial charge in [-0.3, -0.25) is 4.55 Å². The summed E-state index contributed by atoms with van der Waals surface area (Å²) in [6.45, 7) is 1.72. The molecule has 0 amide bonds. The molecule has 1 atom stereocenters. The summed E-state index contributed by atoms with van der Waals surface area (Å²) in [4.78, 5) is -0.324. The Hall–Kier alpha value is -0.760. The van der Waals surface area contributed by atoms with Gasteiger partial charge in [0.15, 0.2) is 11.1 Å². The Bertz CT molecular complexity index is 492. The van der Waals surface area contributed by atoms with E-state index in [2.05, 4.69) is 0 Å². The van der Waals surface area contributed by atoms with Gasteiger partial charge in [-0.2, -0.15) is 8.42 Å². The maximum atomic E-state index is 10.9. The zero-order chi connectivity index (χ0) is 11.6. The summed E-state index contributed by atoms with van der Waals surface area (Å²) in [7, 11) is -4.34. The molecule has 84 valence electrons. The largest absolute Gasteiger partial charge is 0.306 e. The number of aryl methyl sites for hydroxylation is 1. The van der Waals surface area contributed by atoms with Crippen LogP contribution in [0.4, 0.5) is 0 Å². The van der Waals surface area contributed by atoms with E-state index in [9.17, 15) is 12.6 Å². The molecule has 1 aromatic rings. The lowest BCUT2D eigenvalue weighted by atomic mass is 10.2. The molecule has 0 aliphatic rings. The van der Waals surface area contributed by atoms with Crippen molar-refractivity contribution in [1.29, 1.82) is 0 Å². The molecule has 0 aliphatic carbocycles. The van der Waals surface area contributed by atoms with E-state index in [0.717, 1.165) is 5.56 Å². The van der Waals surface area contributed by atoms with Gasteiger partial charge in [-0.1, -0.05) is 17.7 Å². The van der Waals surface area contributed by atoms with Gasteiger partial charge in [-0.05, 0) is 18.6 Å². The van der Waals surface area contributed by atoms with Gasteiger partial charge in [0.2, 0.25) is 0 Å². The van der Waals surface area contributed by atoms with Crippen molar-refractivity contribution in [3.05, 3.63) is 29.3 Å². The van der Waals surface area contributed by atoms with Gasteiger partial charge in [-0.25, -0.2) is 4.21 Å². The van der Waals surface area contributed by atoms with Crippen LogP contribution in [0.15, 0.2) is 23.1 Å². The fourth-order valence-electron chi connectivity index (χ4n) is 1.21. The highest BCUT2D eigenvalue weighted by Gasteiger charge is 2.16. The number of hydrogen-bond acceptors (Lipinski definition) is 3. The van der Waals surface area contributed by atoms with E-state index in [1.165, 1.54) is 18.2 Å². The normalized spacial score (nSPS) is 13.8. The number of rotatable bonds is 3. The summed E-state index contributed by atoms with van der Waals surface area (Å²) in [6, 6.07) is 4.18. The first-order valence-corrected chi connectivity index (χ1v) is 6.67. The fraction of sp³-hybridized carbons (Fsp3) is 0.250. The summed E-state index contributed by atoms with van der Waals surface area (Å²) in [5.74, 6) is -0.323. The second kappa shape index (κ2) is 4.40. The van der Waals surface area contributed by atoms with Gasteiger partial charge in [0.05, 0.1) is 10.6 Å². The monoisotopic (exact) mass is 250 g/mol. The first-order valence-electron chi connectivity index (χ1n) is 3.95. The third-order valence-electron chi connectivity index (χ3n) is 1.77. The Morgan fingerprint density at radius 1 is 1.40 bits per heavy atom. The van der Waals surface area contributed by atoms with Crippen LogP contribution in [0.25, 0.3) is 0 Å². The van der Waals surface area contributed by atoms with Crippen LogP contribution in [0, 0.1) is 6.92 Å². The highest BCUT2D eigenvalue weighted by molar-refractivity contribution is 7.86. The Labute approximate surface area is 90.2 Å². The maximum absolute atomic E-state index is 10.9. The summed E-state index contributed by atoms with van der Waals surface area (Å²) < 4.78 is 50.0. The lowest BCUT2D eigenvalue weighted by molar-refractivity contribution is 0.482. The summed E-state index contributed by atoms with van der Waals surface area (Å²) in [5.41, 5.74) is 0.890. The van der Waals surface area contributed by atoms with Crippen molar-refractivity contribution < 1.29 is 21.7 Å². The van der Waals surface area contributed by atoms with Crippen molar-refractivity contribution in [2.75, 3.05) is 0 Å². The molecule has 0 radical (unpaired) electrons. The molecule has 7 heteroatoms. The van der Waals surface area contributed by atoms with Crippen LogP contribution in [0.3, 0.4) is 0 Å². The van der Waals surface area contributed by atoms with Crippen LogP contribution >= 0.6 is 0 Å². The van der Waals surface area contributed by atoms with Gasteiger partial charge in [0.1, 0.15) is 0 Å². The van der Waals surface area contributed by atoms with Gasteiger partial charge in [-0.15, -0.1) is 0 Å². The van der Waals surface area contributed by atoms with E-state index in [4.69, 9.17) is 9.11 Å². The lowest BCUT2D eigenvalue weighted by Gasteiger charge is -2.05. The van der Waals surface area contributed by atoms with E-state index in [1.807, 2.05) is 0 Å². The molecule has 1 unspecified atom stereocenters. The first-order chi connectivity index (χ1) is 6.80. The molecule has 2 N–H and O–H groups in total. The lowest BCUT2D eigenvalue weighted by Crippen LogP contribution is -2.05. The molecule has 0 bridgehead atoms. The predicted molar refractivity (Wildman–Crippen MR) is 55.5 cm³/mol. The fourth-order valence-corrected chi connectivity index (χ4v) is 2.50. The molecule has 1 aromatic carbocycles. The Morgan fingerprint density at radius 3 is 2.47 bits per heavy atom. The average Bonchev–Trinajstić information content (AvgIpc) is 1.99. The second-order valence-corrected chi connectivity index (χ2v) is 5.37. The first kappa shape index (κ1) is 12.3. The van der Waals surface area contributed by atoms with Gasteiger partial charge in [0.25, 0.3) is 10.1 Å². The molecule has 0 spiro atoms. The molecule has 0 saturated heterocycles. The Balaban J connectivity index is 3.33. The van der Waals surface area contributed by atoms with Crippen LogP contribution < -0.4 is 0 Å². The van der Waals surface area contributed by atoms with Crippen molar-refractivity contribution in [3.63, 3.8) is 0 Å². The minimum atomic E-state index is -4.34. The van der Waals surface area contributed by atoms with Crippen molar-refractivity contribution in [3.8, 4) is 0 Å². The maximum Gasteiger partial charge on any atom is 0.294 e. The Kier molecular flexibility index (Phi) is 3.61. The van der Waals surface area contributed by atoms with Crippen molar-refractivity contribution in [1.82, 2.24) is 0 Å². The molecule has 5 nitrogen and oxygen atoms in total. The van der Waals surface area contributed by atoms with E-state index in [-0.39, 0.29) is 16.2 Å². The quantitative estimate of drug-likeness (QED) is 0.616. The van der Waals surface area contributed by atoms with Gasteiger partial charge in [0, 0.05) is 0 Å². The zero-order valence-corrected chi connectivity index (χ0v) is 9.51. The molecule has 1 rings (SSSR count). The molecule has 0 aliphatic heterocycles. The van der Waals surface area contributed by atoms with Crippen molar-refractivity contribution in [2.45, 2.75) is 17.6 Å². The highest BCUT2D eigenvalue weighted by Crippen LogP contribution is 2.18. The highest BCUT2D eigenvalue weighted by atomic mass is 32.2. The summed E-state index contributed by atoms with van der Waals surface area (Å²) >= 11 is -2.15. The predicted octanol–water partition coefficient (Wildman–Crippen LogP) is 0.963. The van der Waals surface area contributed by atoms with E-state index in [0.29, 0.717) is 0 Å². The summed E-state index contributed by atoms with van der Waals surface area (Å²) in [6.07, 6.45) is 0. The number of hydrogen-bond donors (Lipinski definition) is 2. The molecular formula is C8H10O5S2. The SMILES string of the molecule is Cc1ccc(S(=O)(=O)O)c(CS(=O)O)c1. The van der Waals surface area contributed by atoms with Crippen molar-refractivity contribution >= 4 is 21.2 Å². The van der Waals surface area contributed by atoms with Crippen LogP contribution in [-0.4, -0.2) is 21.7 Å². The van der Waals surface area contributed by atoms with E-state index in [1.54, 1.807) is 6.92 Å². The average molecular weight is 250 g/mol. The van der Waals surface area contributed by atoms with Crippen LogP contribution in [0.2, 0.25) is 0 Å². The molecule has 0 aromatic heterocycles. The smallest absolute Gasteiger partial charge is 0.294 e.